The Hall–Kier alpha value is -2.54. The fourth-order valence-corrected chi connectivity index (χ4v) is 5.79. The number of aryl methyl sites for hydroxylation is 1. The highest BCUT2D eigenvalue weighted by atomic mass is 32.2. The Bertz CT molecular complexity index is 1330. The Morgan fingerprint density at radius 3 is 2.29 bits per heavy atom. The number of hydrogen-bond donors (Lipinski definition) is 4. The van der Waals surface area contributed by atoms with Gasteiger partial charge in [-0.25, -0.2) is 18.5 Å². The predicted molar refractivity (Wildman–Crippen MR) is 138 cm³/mol. The molecule has 12 nitrogen and oxygen atoms in total. The number of phosphoric acid groups is 1. The van der Waals surface area contributed by atoms with Gasteiger partial charge in [-0.3, -0.25) is 19.3 Å². The Balaban J connectivity index is 1.57. The van der Waals surface area contributed by atoms with Crippen LogP contribution in [0, 0.1) is 5.92 Å². The zero-order valence-corrected chi connectivity index (χ0v) is 22.9. The summed E-state index contributed by atoms with van der Waals surface area (Å²) in [6.07, 6.45) is 4.39. The van der Waals surface area contributed by atoms with Gasteiger partial charge in [0.1, 0.15) is 5.75 Å². The van der Waals surface area contributed by atoms with E-state index in [0.29, 0.717) is 30.8 Å². The van der Waals surface area contributed by atoms with E-state index in [-0.39, 0.29) is 24.4 Å². The Kier molecular flexibility index (Phi) is 9.56. The number of rotatable bonds is 11. The smallest absolute Gasteiger partial charge is 0.469 e. The van der Waals surface area contributed by atoms with E-state index >= 15 is 0 Å². The first-order valence-corrected chi connectivity index (χ1v) is 15.5. The molecule has 1 heterocycles. The molecular formula is C24H33N2O10PS. The van der Waals surface area contributed by atoms with E-state index in [4.69, 9.17) is 24.3 Å². The predicted octanol–water partition coefficient (Wildman–Crippen LogP) is 2.26. The van der Waals surface area contributed by atoms with E-state index in [1.807, 2.05) is 12.1 Å². The molecule has 4 N–H and O–H groups in total. The molecule has 0 bridgehead atoms. The summed E-state index contributed by atoms with van der Waals surface area (Å²) < 4.78 is 45.3. The maximum atomic E-state index is 12.7. The first kappa shape index (κ1) is 30.0. The number of nitrogens with zero attached hydrogens (tertiary/aromatic N) is 1. The van der Waals surface area contributed by atoms with E-state index in [1.165, 1.54) is 29.2 Å². The van der Waals surface area contributed by atoms with Crippen molar-refractivity contribution in [1.29, 1.82) is 0 Å². The normalized spacial score (nSPS) is 19.9. The molecule has 1 aromatic heterocycles. The molecule has 1 saturated carbocycles. The van der Waals surface area contributed by atoms with Gasteiger partial charge in [-0.1, -0.05) is 12.1 Å². The molecule has 0 aliphatic heterocycles. The quantitative estimate of drug-likeness (QED) is 0.177. The van der Waals surface area contributed by atoms with Crippen LogP contribution in [0.15, 0.2) is 47.4 Å². The zero-order chi connectivity index (χ0) is 28.1. The van der Waals surface area contributed by atoms with Crippen LogP contribution < -0.4 is 15.8 Å². The van der Waals surface area contributed by atoms with E-state index < -0.39 is 34.4 Å². The third kappa shape index (κ3) is 7.75. The van der Waals surface area contributed by atoms with Crippen LogP contribution in [0.1, 0.15) is 39.0 Å². The van der Waals surface area contributed by atoms with Crippen LogP contribution in [0.4, 0.5) is 0 Å². The van der Waals surface area contributed by atoms with Crippen molar-refractivity contribution in [3.05, 3.63) is 52.9 Å². The lowest BCUT2D eigenvalue weighted by Gasteiger charge is -2.28. The van der Waals surface area contributed by atoms with Gasteiger partial charge in [-0.15, -0.1) is 0 Å². The number of carbonyl (C=O) groups excluding carboxylic acids is 1. The van der Waals surface area contributed by atoms with E-state index in [2.05, 4.69) is 0 Å². The highest BCUT2D eigenvalue weighted by molar-refractivity contribution is 7.92. The first-order chi connectivity index (χ1) is 17.7. The molecular weight excluding hydrogens is 539 g/mol. The van der Waals surface area contributed by atoms with Gasteiger partial charge in [-0.2, -0.15) is 0 Å². The van der Waals surface area contributed by atoms with E-state index in [1.54, 1.807) is 18.2 Å². The Morgan fingerprint density at radius 2 is 1.76 bits per heavy atom. The standard InChI is InChI=1S/C24H33N2O10PS/c1-24(23(28)25-29,38(2,33)34)12-14-26-13-11-19(15-22(26)27)18-5-9-20(10-6-18)35-16-17-3-7-21(8-4-17)36-37(30,31)32/h5-6,9-11,13,15,17,21,29H,3-4,7-8,12,14,16H2,1-2H3,(H,25,28)(H2,30,31,32)/t17?,21?,24-/m1/s1. The molecule has 1 amide bonds. The second kappa shape index (κ2) is 12.1. The van der Waals surface area contributed by atoms with Crippen LogP contribution in [0.3, 0.4) is 0 Å². The molecule has 210 valence electrons. The number of nitrogens with one attached hydrogen (secondary N) is 1. The van der Waals surface area contributed by atoms with Crippen molar-refractivity contribution in [3.8, 4) is 16.9 Å². The van der Waals surface area contributed by atoms with Crippen molar-refractivity contribution >= 4 is 23.6 Å². The van der Waals surface area contributed by atoms with Gasteiger partial charge < -0.3 is 19.1 Å². The summed E-state index contributed by atoms with van der Waals surface area (Å²) in [5, 5.41) is 8.94. The Morgan fingerprint density at radius 1 is 1.13 bits per heavy atom. The van der Waals surface area contributed by atoms with Gasteiger partial charge in [0.05, 0.1) is 12.7 Å². The molecule has 0 unspecified atom stereocenters. The summed E-state index contributed by atoms with van der Waals surface area (Å²) in [6, 6.07) is 10.3. The van der Waals surface area contributed by atoms with Gasteiger partial charge in [0.2, 0.25) is 0 Å². The summed E-state index contributed by atoms with van der Waals surface area (Å²) >= 11 is 0. The second-order valence-electron chi connectivity index (χ2n) is 9.72. The van der Waals surface area contributed by atoms with Gasteiger partial charge in [0, 0.05) is 25.1 Å². The number of aromatic nitrogens is 1. The molecule has 1 fully saturated rings. The summed E-state index contributed by atoms with van der Waals surface area (Å²) in [7, 11) is -8.34. The Labute approximate surface area is 220 Å². The average molecular weight is 573 g/mol. The van der Waals surface area contributed by atoms with E-state index in [0.717, 1.165) is 24.7 Å². The number of hydrogen-bond acceptors (Lipinski definition) is 8. The van der Waals surface area contributed by atoms with Crippen LogP contribution in [-0.2, 0) is 30.3 Å². The van der Waals surface area contributed by atoms with Gasteiger partial charge >= 0.3 is 7.82 Å². The molecule has 38 heavy (non-hydrogen) atoms. The van der Waals surface area contributed by atoms with Crippen LogP contribution in [0.5, 0.6) is 5.75 Å². The lowest BCUT2D eigenvalue weighted by Crippen LogP contribution is -2.49. The number of phosphoric ester groups is 1. The highest BCUT2D eigenvalue weighted by Crippen LogP contribution is 2.41. The van der Waals surface area contributed by atoms with Gasteiger partial charge in [0.25, 0.3) is 11.5 Å². The monoisotopic (exact) mass is 572 g/mol. The molecule has 1 aliphatic rings. The maximum absolute atomic E-state index is 12.7. The summed E-state index contributed by atoms with van der Waals surface area (Å²) in [5.74, 6) is -0.154. The molecule has 1 aliphatic carbocycles. The first-order valence-electron chi connectivity index (χ1n) is 12.0. The minimum atomic E-state index is -4.47. The number of amides is 1. The van der Waals surface area contributed by atoms with Gasteiger partial charge in [0.15, 0.2) is 14.6 Å². The largest absolute Gasteiger partial charge is 0.493 e. The molecule has 0 spiro atoms. The van der Waals surface area contributed by atoms with Crippen LogP contribution in [0.25, 0.3) is 11.1 Å². The summed E-state index contributed by atoms with van der Waals surface area (Å²) in [6.45, 7) is 1.62. The summed E-state index contributed by atoms with van der Waals surface area (Å²) in [5.41, 5.74) is 2.44. The van der Waals surface area contributed by atoms with Crippen LogP contribution in [-0.4, -0.2) is 57.6 Å². The number of carbonyl (C=O) groups is 1. The molecule has 2 aromatic rings. The third-order valence-corrected chi connectivity index (χ3v) is 9.58. The lowest BCUT2D eigenvalue weighted by atomic mass is 9.88. The van der Waals surface area contributed by atoms with Gasteiger partial charge in [-0.05, 0) is 74.3 Å². The molecule has 1 atom stereocenters. The molecule has 0 saturated heterocycles. The number of ether oxygens (including phenoxy) is 1. The molecule has 1 aromatic carbocycles. The number of hydroxylamine groups is 1. The number of pyridine rings is 1. The van der Waals surface area contributed by atoms with Crippen LogP contribution in [0.2, 0.25) is 0 Å². The van der Waals surface area contributed by atoms with Crippen molar-refractivity contribution in [2.45, 2.75) is 56.4 Å². The van der Waals surface area contributed by atoms with Crippen molar-refractivity contribution in [1.82, 2.24) is 10.0 Å². The average Bonchev–Trinajstić information content (AvgIpc) is 2.85. The minimum absolute atomic E-state index is 0.0454. The lowest BCUT2D eigenvalue weighted by molar-refractivity contribution is -0.131. The van der Waals surface area contributed by atoms with Crippen molar-refractivity contribution in [2.24, 2.45) is 5.92 Å². The maximum Gasteiger partial charge on any atom is 0.469 e. The summed E-state index contributed by atoms with van der Waals surface area (Å²) in [4.78, 5) is 42.5. The fraction of sp³-hybridized carbons (Fsp3) is 0.500. The SMILES string of the molecule is C[C@@](CCn1ccc(-c2ccc(OCC3CCC(OP(=O)(O)O)CC3)cc2)cc1=O)(C(=O)NO)S(C)(=O)=O. The minimum Gasteiger partial charge on any atom is -0.493 e. The highest BCUT2D eigenvalue weighted by Gasteiger charge is 2.43. The van der Waals surface area contributed by atoms with Crippen molar-refractivity contribution in [2.75, 3.05) is 12.9 Å². The van der Waals surface area contributed by atoms with E-state index in [9.17, 15) is 22.6 Å². The van der Waals surface area contributed by atoms with Crippen molar-refractivity contribution < 1.29 is 42.0 Å². The molecule has 0 radical (unpaired) electrons. The molecule has 3 rings (SSSR count). The third-order valence-electron chi connectivity index (χ3n) is 6.98. The fourth-order valence-electron chi connectivity index (χ4n) is 4.35. The van der Waals surface area contributed by atoms with Crippen LogP contribution >= 0.6 is 7.82 Å². The number of benzene rings is 1. The molecule has 14 heteroatoms. The second-order valence-corrected chi connectivity index (χ2v) is 13.4. The van der Waals surface area contributed by atoms with Crippen molar-refractivity contribution in [3.63, 3.8) is 0 Å². The topological polar surface area (TPSA) is 181 Å². The zero-order valence-electron chi connectivity index (χ0n) is 21.1. The number of sulfone groups is 1.